The summed E-state index contributed by atoms with van der Waals surface area (Å²) < 4.78 is 0. The summed E-state index contributed by atoms with van der Waals surface area (Å²) in [7, 11) is 0. The van der Waals surface area contributed by atoms with Crippen molar-refractivity contribution in [3.05, 3.63) is 46.9 Å². The monoisotopic (exact) mass is 260 g/mol. The van der Waals surface area contributed by atoms with E-state index in [4.69, 9.17) is 11.6 Å². The van der Waals surface area contributed by atoms with E-state index in [9.17, 15) is 4.79 Å². The largest absolute Gasteiger partial charge is 0.348 e. The van der Waals surface area contributed by atoms with Crippen LogP contribution in [0.4, 0.5) is 11.5 Å². The standard InChI is InChI=1S/C12H9ClN4O/c13-10-4-11(16-6-15-10)17-8-1-2-9-7(3-8)5-14-12(9)18/h1-4,6H,5H2,(H,14,18)(H,15,16,17). The summed E-state index contributed by atoms with van der Waals surface area (Å²) in [5.41, 5.74) is 2.56. The van der Waals surface area contributed by atoms with E-state index in [1.165, 1.54) is 6.33 Å². The summed E-state index contributed by atoms with van der Waals surface area (Å²) in [5.74, 6) is 0.592. The van der Waals surface area contributed by atoms with Gasteiger partial charge in [-0.15, -0.1) is 0 Å². The zero-order valence-corrected chi connectivity index (χ0v) is 10.0. The molecule has 0 saturated carbocycles. The number of hydrogen-bond donors (Lipinski definition) is 2. The van der Waals surface area contributed by atoms with Crippen LogP contribution in [0.25, 0.3) is 0 Å². The molecule has 1 aliphatic heterocycles. The van der Waals surface area contributed by atoms with Gasteiger partial charge in [0.1, 0.15) is 17.3 Å². The van der Waals surface area contributed by atoms with E-state index in [0.29, 0.717) is 17.5 Å². The van der Waals surface area contributed by atoms with Crippen LogP contribution in [0.15, 0.2) is 30.6 Å². The number of anilines is 2. The molecule has 1 aromatic carbocycles. The van der Waals surface area contributed by atoms with E-state index in [0.717, 1.165) is 16.8 Å². The molecule has 2 heterocycles. The van der Waals surface area contributed by atoms with E-state index >= 15 is 0 Å². The van der Waals surface area contributed by atoms with Crippen molar-refractivity contribution in [1.29, 1.82) is 0 Å². The van der Waals surface area contributed by atoms with Crippen molar-refractivity contribution in [3.63, 3.8) is 0 Å². The number of aromatic nitrogens is 2. The minimum Gasteiger partial charge on any atom is -0.348 e. The molecule has 6 heteroatoms. The van der Waals surface area contributed by atoms with Crippen LogP contribution in [-0.2, 0) is 6.54 Å². The van der Waals surface area contributed by atoms with Crippen LogP contribution < -0.4 is 10.6 Å². The third-order valence-corrected chi connectivity index (χ3v) is 2.90. The van der Waals surface area contributed by atoms with Crippen LogP contribution in [-0.4, -0.2) is 15.9 Å². The molecule has 0 bridgehead atoms. The highest BCUT2D eigenvalue weighted by atomic mass is 35.5. The fraction of sp³-hybridized carbons (Fsp3) is 0.0833. The van der Waals surface area contributed by atoms with Crippen LogP contribution in [0.5, 0.6) is 0 Å². The SMILES string of the molecule is O=C1NCc2cc(Nc3cc(Cl)ncn3)ccc21. The quantitative estimate of drug-likeness (QED) is 0.812. The van der Waals surface area contributed by atoms with Crippen LogP contribution in [0.3, 0.4) is 0 Å². The Kier molecular flexibility index (Phi) is 2.60. The van der Waals surface area contributed by atoms with Crippen molar-refractivity contribution in [2.45, 2.75) is 6.54 Å². The second kappa shape index (κ2) is 4.27. The first-order valence-electron chi connectivity index (χ1n) is 5.38. The predicted octanol–water partition coefficient (Wildman–Crippen LogP) is 2.12. The van der Waals surface area contributed by atoms with E-state index in [-0.39, 0.29) is 5.91 Å². The number of fused-ring (bicyclic) bond motifs is 1. The molecule has 0 spiro atoms. The highest BCUT2D eigenvalue weighted by molar-refractivity contribution is 6.29. The van der Waals surface area contributed by atoms with Crippen molar-refractivity contribution in [1.82, 2.24) is 15.3 Å². The molecular formula is C12H9ClN4O. The fourth-order valence-corrected chi connectivity index (χ4v) is 2.01. The van der Waals surface area contributed by atoms with Crippen molar-refractivity contribution in [2.24, 2.45) is 0 Å². The maximum Gasteiger partial charge on any atom is 0.251 e. The summed E-state index contributed by atoms with van der Waals surface area (Å²) in [6.45, 7) is 0.564. The summed E-state index contributed by atoms with van der Waals surface area (Å²) in [5, 5.41) is 6.27. The number of rotatable bonds is 2. The van der Waals surface area contributed by atoms with Gasteiger partial charge in [-0.3, -0.25) is 4.79 Å². The molecule has 5 nitrogen and oxygen atoms in total. The van der Waals surface area contributed by atoms with Crippen LogP contribution in [0, 0.1) is 0 Å². The van der Waals surface area contributed by atoms with Gasteiger partial charge >= 0.3 is 0 Å². The lowest BCUT2D eigenvalue weighted by Gasteiger charge is -2.06. The number of benzene rings is 1. The molecule has 2 aromatic rings. The Balaban J connectivity index is 1.88. The van der Waals surface area contributed by atoms with Crippen LogP contribution >= 0.6 is 11.6 Å². The van der Waals surface area contributed by atoms with Crippen LogP contribution in [0.1, 0.15) is 15.9 Å². The molecule has 2 N–H and O–H groups in total. The van der Waals surface area contributed by atoms with Crippen LogP contribution in [0.2, 0.25) is 5.15 Å². The van der Waals surface area contributed by atoms with E-state index in [1.54, 1.807) is 12.1 Å². The Hall–Kier alpha value is -2.14. The molecule has 0 aliphatic carbocycles. The number of halogens is 1. The molecule has 18 heavy (non-hydrogen) atoms. The molecule has 3 rings (SSSR count). The van der Waals surface area contributed by atoms with Crippen molar-refractivity contribution in [3.8, 4) is 0 Å². The molecule has 0 radical (unpaired) electrons. The first-order chi connectivity index (χ1) is 8.72. The normalized spacial score (nSPS) is 13.1. The lowest BCUT2D eigenvalue weighted by Crippen LogP contribution is -2.12. The third-order valence-electron chi connectivity index (χ3n) is 2.70. The predicted molar refractivity (Wildman–Crippen MR) is 67.9 cm³/mol. The maximum absolute atomic E-state index is 11.4. The smallest absolute Gasteiger partial charge is 0.251 e. The second-order valence-electron chi connectivity index (χ2n) is 3.91. The first-order valence-corrected chi connectivity index (χ1v) is 5.76. The van der Waals surface area contributed by atoms with Crippen molar-refractivity contribution < 1.29 is 4.79 Å². The van der Waals surface area contributed by atoms with Gasteiger partial charge in [-0.2, -0.15) is 0 Å². The van der Waals surface area contributed by atoms with Gasteiger partial charge in [0, 0.05) is 23.9 Å². The molecule has 0 atom stereocenters. The maximum atomic E-state index is 11.4. The fourth-order valence-electron chi connectivity index (χ4n) is 1.86. The van der Waals surface area contributed by atoms with Gasteiger partial charge in [-0.1, -0.05) is 11.6 Å². The zero-order chi connectivity index (χ0) is 12.5. The summed E-state index contributed by atoms with van der Waals surface area (Å²) in [4.78, 5) is 19.3. The van der Waals surface area contributed by atoms with Gasteiger partial charge < -0.3 is 10.6 Å². The minimum absolute atomic E-state index is 0.0263. The second-order valence-corrected chi connectivity index (χ2v) is 4.29. The van der Waals surface area contributed by atoms with Crippen molar-refractivity contribution >= 4 is 29.0 Å². The van der Waals surface area contributed by atoms with Crippen molar-refractivity contribution in [2.75, 3.05) is 5.32 Å². The van der Waals surface area contributed by atoms with E-state index < -0.39 is 0 Å². The molecule has 1 aliphatic rings. The average Bonchev–Trinajstić information content (AvgIpc) is 2.71. The van der Waals surface area contributed by atoms with E-state index in [1.807, 2.05) is 12.1 Å². The van der Waals surface area contributed by atoms with Gasteiger partial charge in [0.15, 0.2) is 0 Å². The number of nitrogens with one attached hydrogen (secondary N) is 2. The van der Waals surface area contributed by atoms with Gasteiger partial charge in [0.05, 0.1) is 0 Å². The molecule has 90 valence electrons. The number of carbonyl (C=O) groups excluding carboxylic acids is 1. The Morgan fingerprint density at radius 1 is 1.28 bits per heavy atom. The van der Waals surface area contributed by atoms with Gasteiger partial charge in [-0.25, -0.2) is 9.97 Å². The molecule has 1 amide bonds. The van der Waals surface area contributed by atoms with Gasteiger partial charge in [0.25, 0.3) is 5.91 Å². The Morgan fingerprint density at radius 3 is 3.00 bits per heavy atom. The number of nitrogens with zero attached hydrogens (tertiary/aromatic N) is 2. The highest BCUT2D eigenvalue weighted by Crippen LogP contribution is 2.22. The third kappa shape index (κ3) is 2.00. The lowest BCUT2D eigenvalue weighted by atomic mass is 10.1. The minimum atomic E-state index is -0.0263. The Labute approximate surface area is 108 Å². The number of carbonyl (C=O) groups is 1. The topological polar surface area (TPSA) is 66.9 Å². The van der Waals surface area contributed by atoms with E-state index in [2.05, 4.69) is 20.6 Å². The highest BCUT2D eigenvalue weighted by Gasteiger charge is 2.18. The average molecular weight is 261 g/mol. The summed E-state index contributed by atoms with van der Waals surface area (Å²) in [6, 6.07) is 7.18. The number of amides is 1. The molecule has 0 saturated heterocycles. The zero-order valence-electron chi connectivity index (χ0n) is 9.27. The molecule has 0 unspecified atom stereocenters. The molecule has 0 fully saturated rings. The Morgan fingerprint density at radius 2 is 2.17 bits per heavy atom. The van der Waals surface area contributed by atoms with Gasteiger partial charge in [0.2, 0.25) is 0 Å². The first kappa shape index (κ1) is 11.0. The molecule has 1 aromatic heterocycles. The Bertz CT molecular complexity index is 629. The summed E-state index contributed by atoms with van der Waals surface area (Å²) >= 11 is 5.78. The number of hydrogen-bond acceptors (Lipinski definition) is 4. The molecular weight excluding hydrogens is 252 g/mol. The van der Waals surface area contributed by atoms with Gasteiger partial charge in [-0.05, 0) is 23.8 Å². The summed E-state index contributed by atoms with van der Waals surface area (Å²) in [6.07, 6.45) is 1.39. The lowest BCUT2D eigenvalue weighted by molar-refractivity contribution is 0.0966.